The van der Waals surface area contributed by atoms with Crippen LogP contribution in [0.25, 0.3) is 0 Å². The van der Waals surface area contributed by atoms with Crippen LogP contribution in [0.15, 0.2) is 35.9 Å². The maximum Gasteiger partial charge on any atom is 0.424 e. The van der Waals surface area contributed by atoms with E-state index in [-0.39, 0.29) is 35.4 Å². The van der Waals surface area contributed by atoms with Crippen LogP contribution in [0, 0.1) is 40.3 Å². The van der Waals surface area contributed by atoms with Crippen LogP contribution in [0.5, 0.6) is 0 Å². The molecule has 0 heterocycles. The first-order valence-electron chi connectivity index (χ1n) is 13.5. The van der Waals surface area contributed by atoms with E-state index in [4.69, 9.17) is 0 Å². The topological polar surface area (TPSA) is 46.2 Å². The SMILES string of the molecule is C[C@]12CCC(=O)C=C1CC[C@@H]1[C@H]2CC[C@]2(C)C(C(=O)NC(c3ccc(F)cc3)(C(F)(F)F)C(F)(F)F)CC[C@@H]12. The summed E-state index contributed by atoms with van der Waals surface area (Å²) < 4.78 is 99.4. The largest absolute Gasteiger partial charge is 0.424 e. The van der Waals surface area contributed by atoms with E-state index in [0.717, 1.165) is 24.8 Å². The lowest BCUT2D eigenvalue weighted by molar-refractivity contribution is -0.312. The van der Waals surface area contributed by atoms with Gasteiger partial charge in [-0.05, 0) is 97.3 Å². The maximum absolute atomic E-state index is 14.3. The van der Waals surface area contributed by atoms with Crippen molar-refractivity contribution in [3.8, 4) is 0 Å². The molecule has 3 saturated carbocycles. The van der Waals surface area contributed by atoms with E-state index in [9.17, 15) is 40.3 Å². The summed E-state index contributed by atoms with van der Waals surface area (Å²) in [7, 11) is 0. The summed E-state index contributed by atoms with van der Waals surface area (Å²) in [5, 5.41) is 1.42. The number of carbonyl (C=O) groups excluding carboxylic acids is 2. The molecule has 10 heteroatoms. The van der Waals surface area contributed by atoms with Gasteiger partial charge in [0, 0.05) is 12.3 Å². The van der Waals surface area contributed by atoms with Crippen LogP contribution in [0.3, 0.4) is 0 Å². The molecule has 4 aliphatic carbocycles. The highest BCUT2D eigenvalue weighted by Gasteiger charge is 2.73. The van der Waals surface area contributed by atoms with Crippen molar-refractivity contribution in [1.29, 1.82) is 0 Å². The van der Waals surface area contributed by atoms with Crippen molar-refractivity contribution >= 4 is 11.7 Å². The summed E-state index contributed by atoms with van der Waals surface area (Å²) in [6.45, 7) is 4.01. The Balaban J connectivity index is 1.46. The lowest BCUT2D eigenvalue weighted by atomic mass is 9.47. The lowest BCUT2D eigenvalue weighted by Gasteiger charge is -2.58. The maximum atomic E-state index is 14.3. The van der Waals surface area contributed by atoms with Gasteiger partial charge >= 0.3 is 12.4 Å². The Morgan fingerprint density at radius 1 is 0.872 bits per heavy atom. The highest BCUT2D eigenvalue weighted by atomic mass is 19.4. The van der Waals surface area contributed by atoms with Crippen LogP contribution in [-0.2, 0) is 15.1 Å². The summed E-state index contributed by atoms with van der Waals surface area (Å²) in [5.74, 6) is -2.74. The number of allylic oxidation sites excluding steroid dienone is 1. The van der Waals surface area contributed by atoms with Crippen molar-refractivity contribution in [2.75, 3.05) is 0 Å². The van der Waals surface area contributed by atoms with Gasteiger partial charge in [-0.25, -0.2) is 4.39 Å². The second-order valence-corrected chi connectivity index (χ2v) is 12.4. The average Bonchev–Trinajstić information content (AvgIpc) is 3.19. The van der Waals surface area contributed by atoms with Gasteiger partial charge in [0.15, 0.2) is 5.78 Å². The quantitative estimate of drug-likeness (QED) is 0.392. The van der Waals surface area contributed by atoms with Crippen LogP contribution in [0.1, 0.15) is 70.8 Å². The van der Waals surface area contributed by atoms with Crippen molar-refractivity contribution in [1.82, 2.24) is 5.32 Å². The van der Waals surface area contributed by atoms with Crippen molar-refractivity contribution < 1.29 is 40.3 Å². The zero-order chi connectivity index (χ0) is 28.6. The molecule has 0 aromatic heterocycles. The minimum atomic E-state index is -5.92. The monoisotopic (exact) mass is 559 g/mol. The van der Waals surface area contributed by atoms with E-state index in [1.807, 2.05) is 6.92 Å². The third kappa shape index (κ3) is 4.14. The molecule has 214 valence electrons. The van der Waals surface area contributed by atoms with Crippen LogP contribution in [0.4, 0.5) is 30.7 Å². The van der Waals surface area contributed by atoms with Gasteiger partial charge in [0.05, 0.1) is 0 Å². The first kappa shape index (κ1) is 28.1. The van der Waals surface area contributed by atoms with Gasteiger partial charge in [0.2, 0.25) is 5.91 Å². The van der Waals surface area contributed by atoms with E-state index in [2.05, 4.69) is 6.92 Å². The number of carbonyl (C=O) groups is 2. The first-order valence-corrected chi connectivity index (χ1v) is 13.5. The number of alkyl halides is 6. The Kier molecular flexibility index (Phi) is 6.54. The molecule has 1 unspecified atom stereocenters. The molecular formula is C29H32F7NO2. The van der Waals surface area contributed by atoms with Gasteiger partial charge in [-0.3, -0.25) is 9.59 Å². The van der Waals surface area contributed by atoms with Crippen molar-refractivity contribution in [2.24, 2.45) is 34.5 Å². The van der Waals surface area contributed by atoms with Gasteiger partial charge in [0.1, 0.15) is 5.82 Å². The zero-order valence-electron chi connectivity index (χ0n) is 21.8. The van der Waals surface area contributed by atoms with E-state index in [0.29, 0.717) is 49.9 Å². The Labute approximate surface area is 222 Å². The number of hydrogen-bond donors (Lipinski definition) is 1. The zero-order valence-corrected chi connectivity index (χ0v) is 21.8. The molecule has 3 fully saturated rings. The first-order chi connectivity index (χ1) is 18.0. The highest BCUT2D eigenvalue weighted by molar-refractivity contribution is 5.91. The Morgan fingerprint density at radius 2 is 1.51 bits per heavy atom. The van der Waals surface area contributed by atoms with Gasteiger partial charge < -0.3 is 5.32 Å². The van der Waals surface area contributed by atoms with Gasteiger partial charge in [0.25, 0.3) is 5.54 Å². The second-order valence-electron chi connectivity index (χ2n) is 12.4. The van der Waals surface area contributed by atoms with Crippen molar-refractivity contribution in [3.05, 3.63) is 47.3 Å². The fourth-order valence-corrected chi connectivity index (χ4v) is 8.66. The molecule has 0 spiro atoms. The van der Waals surface area contributed by atoms with Gasteiger partial charge in [-0.15, -0.1) is 0 Å². The fraction of sp³-hybridized carbons (Fsp3) is 0.655. The molecular weight excluding hydrogens is 527 g/mol. The van der Waals surface area contributed by atoms with Crippen LogP contribution in [0.2, 0.25) is 0 Å². The van der Waals surface area contributed by atoms with E-state index in [1.165, 1.54) is 5.32 Å². The molecule has 0 radical (unpaired) electrons. The third-order valence-electron chi connectivity index (χ3n) is 10.7. The molecule has 39 heavy (non-hydrogen) atoms. The number of halogens is 7. The molecule has 1 aromatic carbocycles. The number of nitrogens with one attached hydrogen (secondary N) is 1. The number of hydrogen-bond acceptors (Lipinski definition) is 2. The molecule has 5 rings (SSSR count). The summed E-state index contributed by atoms with van der Waals surface area (Å²) in [6, 6.07) is 1.88. The summed E-state index contributed by atoms with van der Waals surface area (Å²) in [4.78, 5) is 25.6. The molecule has 1 amide bonds. The van der Waals surface area contributed by atoms with Gasteiger partial charge in [-0.2, -0.15) is 26.3 Å². The van der Waals surface area contributed by atoms with Gasteiger partial charge in [-0.1, -0.05) is 31.6 Å². The van der Waals surface area contributed by atoms with Crippen LogP contribution >= 0.6 is 0 Å². The third-order valence-corrected chi connectivity index (χ3v) is 10.7. The Hall–Kier alpha value is -2.39. The average molecular weight is 560 g/mol. The van der Waals surface area contributed by atoms with Crippen molar-refractivity contribution in [2.45, 2.75) is 83.1 Å². The summed E-state index contributed by atoms with van der Waals surface area (Å²) >= 11 is 0. The van der Waals surface area contributed by atoms with E-state index >= 15 is 0 Å². The predicted octanol–water partition coefficient (Wildman–Crippen LogP) is 7.41. The second kappa shape index (κ2) is 9.06. The summed E-state index contributed by atoms with van der Waals surface area (Å²) in [6.07, 6.45) is -5.39. The smallest absolute Gasteiger partial charge is 0.331 e. The Bertz CT molecular complexity index is 1170. The summed E-state index contributed by atoms with van der Waals surface area (Å²) in [5.41, 5.74) is -5.70. The predicted molar refractivity (Wildman–Crippen MR) is 129 cm³/mol. The fourth-order valence-electron chi connectivity index (χ4n) is 8.66. The molecule has 6 atom stereocenters. The molecule has 1 aromatic rings. The number of ketones is 1. The normalized spacial score (nSPS) is 35.0. The number of amides is 1. The Morgan fingerprint density at radius 3 is 2.13 bits per heavy atom. The lowest BCUT2D eigenvalue weighted by Crippen LogP contribution is -2.66. The number of rotatable bonds is 3. The molecule has 0 saturated heterocycles. The highest BCUT2D eigenvalue weighted by Crippen LogP contribution is 2.67. The number of fused-ring (bicyclic) bond motifs is 5. The molecule has 0 aliphatic heterocycles. The molecule has 1 N–H and O–H groups in total. The molecule has 0 bridgehead atoms. The van der Waals surface area contributed by atoms with E-state index in [1.54, 1.807) is 6.08 Å². The van der Waals surface area contributed by atoms with Crippen LogP contribution in [-0.4, -0.2) is 24.0 Å². The minimum absolute atomic E-state index is 0.0139. The minimum Gasteiger partial charge on any atom is -0.331 e. The molecule has 3 nitrogen and oxygen atoms in total. The van der Waals surface area contributed by atoms with E-state index < -0.39 is 46.5 Å². The number of benzene rings is 1. The molecule has 4 aliphatic rings. The standard InChI is InChI=1S/C29H32F7NO2/c1-25-13-11-19(38)15-17(25)5-8-20-21-9-10-23(26(21,2)14-12-22(20)25)24(39)37-27(28(31,32)33,29(34,35)36)16-3-6-18(30)7-4-16/h3-4,6-7,15,20-23H,5,8-14H2,1-2H3,(H,37,39)/t20-,21-,22+,23?,25-,26-/m0/s1. The van der Waals surface area contributed by atoms with Crippen LogP contribution < -0.4 is 5.32 Å². The van der Waals surface area contributed by atoms with Crippen molar-refractivity contribution in [3.63, 3.8) is 0 Å².